The van der Waals surface area contributed by atoms with E-state index in [-0.39, 0.29) is 24.0 Å². The first-order valence-corrected chi connectivity index (χ1v) is 9.89. The number of piperazine rings is 1. The normalized spacial score (nSPS) is 14.5. The molecule has 1 N–H and O–H groups in total. The maximum atomic E-state index is 5.52. The van der Waals surface area contributed by atoms with Crippen molar-refractivity contribution in [1.29, 1.82) is 0 Å². The summed E-state index contributed by atoms with van der Waals surface area (Å²) in [6, 6.07) is 8.16. The van der Waals surface area contributed by atoms with Crippen molar-refractivity contribution in [3.05, 3.63) is 35.9 Å². The number of para-hydroxylation sites is 2. The van der Waals surface area contributed by atoms with Gasteiger partial charge in [-0.2, -0.15) is 0 Å². The molecule has 10 heteroatoms. The molecule has 0 atom stereocenters. The molecule has 2 heterocycles. The van der Waals surface area contributed by atoms with Crippen molar-refractivity contribution in [1.82, 2.24) is 25.0 Å². The van der Waals surface area contributed by atoms with E-state index in [2.05, 4.69) is 31.4 Å². The van der Waals surface area contributed by atoms with Crippen molar-refractivity contribution in [2.24, 2.45) is 12.0 Å². The fraction of sp³-hybridized carbons (Fsp3) is 0.550. The van der Waals surface area contributed by atoms with E-state index in [1.807, 2.05) is 36.7 Å². The molecule has 0 amide bonds. The van der Waals surface area contributed by atoms with Gasteiger partial charge in [0, 0.05) is 46.9 Å². The van der Waals surface area contributed by atoms with Gasteiger partial charge >= 0.3 is 0 Å². The lowest BCUT2D eigenvalue weighted by molar-refractivity contribution is 0.202. The number of ether oxygens (including phenoxy) is 2. The molecule has 0 bridgehead atoms. The van der Waals surface area contributed by atoms with Crippen molar-refractivity contribution in [2.45, 2.75) is 13.5 Å². The van der Waals surface area contributed by atoms with Crippen molar-refractivity contribution in [3.63, 3.8) is 0 Å². The van der Waals surface area contributed by atoms with Crippen LogP contribution in [0, 0.1) is 6.92 Å². The van der Waals surface area contributed by atoms with E-state index in [1.54, 1.807) is 14.2 Å². The van der Waals surface area contributed by atoms with Gasteiger partial charge in [-0.3, -0.25) is 0 Å². The second-order valence-corrected chi connectivity index (χ2v) is 6.93. The number of hydrogen-bond acceptors (Lipinski definition) is 6. The predicted molar refractivity (Wildman–Crippen MR) is 129 cm³/mol. The SMILES string of the molecule is COCCNC(=NCc1nnc(C)n1C)N1CCN(c2ccccc2OC)CC1.I. The Bertz CT molecular complexity index is 819. The van der Waals surface area contributed by atoms with Crippen molar-refractivity contribution < 1.29 is 9.47 Å². The largest absolute Gasteiger partial charge is 0.495 e. The summed E-state index contributed by atoms with van der Waals surface area (Å²) in [4.78, 5) is 9.44. The average molecular weight is 529 g/mol. The lowest BCUT2D eigenvalue weighted by Crippen LogP contribution is -2.53. The minimum absolute atomic E-state index is 0. The number of nitrogens with one attached hydrogen (secondary N) is 1. The Morgan fingerprint density at radius 3 is 2.50 bits per heavy atom. The molecule has 1 saturated heterocycles. The summed E-state index contributed by atoms with van der Waals surface area (Å²) < 4.78 is 12.7. The Labute approximate surface area is 195 Å². The van der Waals surface area contributed by atoms with E-state index >= 15 is 0 Å². The number of aliphatic imine (C=N–C) groups is 1. The molecule has 0 unspecified atom stereocenters. The Balaban J connectivity index is 0.00000320. The van der Waals surface area contributed by atoms with E-state index in [9.17, 15) is 0 Å². The number of benzene rings is 1. The van der Waals surface area contributed by atoms with Crippen LogP contribution in [-0.2, 0) is 18.3 Å². The molecule has 30 heavy (non-hydrogen) atoms. The van der Waals surface area contributed by atoms with Crippen LogP contribution >= 0.6 is 24.0 Å². The van der Waals surface area contributed by atoms with Crippen molar-refractivity contribution in [2.75, 3.05) is 58.5 Å². The second-order valence-electron chi connectivity index (χ2n) is 6.93. The van der Waals surface area contributed by atoms with E-state index in [0.29, 0.717) is 19.7 Å². The number of rotatable bonds is 7. The number of methoxy groups -OCH3 is 2. The number of halogens is 1. The quantitative estimate of drug-likeness (QED) is 0.253. The van der Waals surface area contributed by atoms with Crippen LogP contribution < -0.4 is 15.0 Å². The molecule has 1 aliphatic heterocycles. The number of hydrogen-bond donors (Lipinski definition) is 1. The van der Waals surface area contributed by atoms with E-state index in [1.165, 1.54) is 0 Å². The highest BCUT2D eigenvalue weighted by Gasteiger charge is 2.22. The molecule has 1 aliphatic rings. The van der Waals surface area contributed by atoms with Gasteiger partial charge in [0.05, 0.1) is 19.4 Å². The number of nitrogens with zero attached hydrogens (tertiary/aromatic N) is 6. The monoisotopic (exact) mass is 529 g/mol. The lowest BCUT2D eigenvalue weighted by Gasteiger charge is -2.38. The van der Waals surface area contributed by atoms with Crippen LogP contribution in [0.25, 0.3) is 0 Å². The van der Waals surface area contributed by atoms with Crippen molar-refractivity contribution >= 4 is 35.6 Å². The third-order valence-corrected chi connectivity index (χ3v) is 5.15. The zero-order valence-corrected chi connectivity index (χ0v) is 20.5. The molecule has 0 aliphatic carbocycles. The summed E-state index contributed by atoms with van der Waals surface area (Å²) in [7, 11) is 5.38. The number of aromatic nitrogens is 3. The first kappa shape index (κ1) is 24.2. The topological polar surface area (TPSA) is 80.0 Å². The molecular formula is C20H32IN7O2. The van der Waals surface area contributed by atoms with Gasteiger partial charge in [0.1, 0.15) is 18.1 Å². The Kier molecular flexibility index (Phi) is 9.63. The maximum Gasteiger partial charge on any atom is 0.194 e. The highest BCUT2D eigenvalue weighted by Crippen LogP contribution is 2.28. The van der Waals surface area contributed by atoms with E-state index < -0.39 is 0 Å². The van der Waals surface area contributed by atoms with Gasteiger partial charge in [-0.25, -0.2) is 4.99 Å². The van der Waals surface area contributed by atoms with Crippen LogP contribution in [0.2, 0.25) is 0 Å². The van der Waals surface area contributed by atoms with Crippen LogP contribution in [0.1, 0.15) is 11.6 Å². The molecule has 166 valence electrons. The molecule has 1 aromatic carbocycles. The molecule has 1 aromatic heterocycles. The Hall–Kier alpha value is -2.08. The zero-order chi connectivity index (χ0) is 20.6. The highest BCUT2D eigenvalue weighted by atomic mass is 127. The molecule has 0 radical (unpaired) electrons. The van der Waals surface area contributed by atoms with Gasteiger partial charge in [0.15, 0.2) is 11.8 Å². The van der Waals surface area contributed by atoms with Gasteiger partial charge in [0.25, 0.3) is 0 Å². The summed E-state index contributed by atoms with van der Waals surface area (Å²) >= 11 is 0. The molecule has 0 spiro atoms. The van der Waals surface area contributed by atoms with Gasteiger partial charge in [-0.1, -0.05) is 12.1 Å². The smallest absolute Gasteiger partial charge is 0.194 e. The first-order valence-electron chi connectivity index (χ1n) is 9.89. The second kappa shape index (κ2) is 11.9. The van der Waals surface area contributed by atoms with Crippen LogP contribution in [-0.4, -0.2) is 79.2 Å². The molecule has 9 nitrogen and oxygen atoms in total. The van der Waals surface area contributed by atoms with E-state index in [4.69, 9.17) is 14.5 Å². The standard InChI is InChI=1S/C20H31N7O2.HI/c1-16-23-24-19(25(16)2)15-22-20(21-9-14-28-3)27-12-10-26(11-13-27)17-7-5-6-8-18(17)29-4;/h5-8H,9-15H2,1-4H3,(H,21,22);1H. The van der Waals surface area contributed by atoms with Gasteiger partial charge in [0.2, 0.25) is 0 Å². The minimum Gasteiger partial charge on any atom is -0.495 e. The number of guanidine groups is 1. The van der Waals surface area contributed by atoms with Gasteiger partial charge in [-0.15, -0.1) is 34.2 Å². The Morgan fingerprint density at radius 2 is 1.87 bits per heavy atom. The fourth-order valence-electron chi connectivity index (χ4n) is 3.32. The van der Waals surface area contributed by atoms with Gasteiger partial charge < -0.3 is 29.2 Å². The predicted octanol–water partition coefficient (Wildman–Crippen LogP) is 1.66. The van der Waals surface area contributed by atoms with Gasteiger partial charge in [-0.05, 0) is 19.1 Å². The van der Waals surface area contributed by atoms with Crippen LogP contribution in [0.15, 0.2) is 29.3 Å². The van der Waals surface area contributed by atoms with Crippen LogP contribution in [0.3, 0.4) is 0 Å². The molecule has 0 saturated carbocycles. The third-order valence-electron chi connectivity index (χ3n) is 5.15. The summed E-state index contributed by atoms with van der Waals surface area (Å²) in [6.45, 7) is 7.30. The molecular weight excluding hydrogens is 497 g/mol. The molecule has 1 fully saturated rings. The minimum atomic E-state index is 0. The summed E-state index contributed by atoms with van der Waals surface area (Å²) in [5.74, 6) is 3.52. The fourth-order valence-corrected chi connectivity index (χ4v) is 3.32. The van der Waals surface area contributed by atoms with E-state index in [0.717, 1.165) is 55.2 Å². The maximum absolute atomic E-state index is 5.52. The summed E-state index contributed by atoms with van der Waals surface area (Å²) in [5.41, 5.74) is 1.13. The summed E-state index contributed by atoms with van der Waals surface area (Å²) in [6.07, 6.45) is 0. The number of anilines is 1. The highest BCUT2D eigenvalue weighted by molar-refractivity contribution is 14.0. The number of aryl methyl sites for hydroxylation is 1. The Morgan fingerprint density at radius 1 is 1.13 bits per heavy atom. The van der Waals surface area contributed by atoms with Crippen LogP contribution in [0.4, 0.5) is 5.69 Å². The van der Waals surface area contributed by atoms with Crippen LogP contribution in [0.5, 0.6) is 5.75 Å². The lowest BCUT2D eigenvalue weighted by atomic mass is 10.2. The average Bonchev–Trinajstić information content (AvgIpc) is 3.08. The first-order chi connectivity index (χ1) is 14.1. The van der Waals surface area contributed by atoms with Crippen molar-refractivity contribution in [3.8, 4) is 5.75 Å². The summed E-state index contributed by atoms with van der Waals surface area (Å²) in [5, 5.41) is 11.7. The zero-order valence-electron chi connectivity index (χ0n) is 18.2. The molecule has 2 aromatic rings. The third kappa shape index (κ3) is 5.97. The molecule has 3 rings (SSSR count).